The Kier molecular flexibility index (Phi) is 2.58. The van der Waals surface area contributed by atoms with Crippen molar-refractivity contribution in [1.29, 1.82) is 0 Å². The summed E-state index contributed by atoms with van der Waals surface area (Å²) < 4.78 is 2.30. The Hall–Kier alpha value is -1.41. The first-order chi connectivity index (χ1) is 7.92. The summed E-state index contributed by atoms with van der Waals surface area (Å²) >= 11 is 0. The molecular weight excluding hydrogens is 196 g/mol. The molecule has 0 unspecified atom stereocenters. The molecule has 1 aromatic carbocycles. The van der Waals surface area contributed by atoms with Crippen LogP contribution in [0.1, 0.15) is 12.8 Å². The zero-order valence-electron chi connectivity index (χ0n) is 9.39. The van der Waals surface area contributed by atoms with Gasteiger partial charge in [-0.15, -0.1) is 0 Å². The van der Waals surface area contributed by atoms with Crippen LogP contribution in [0.2, 0.25) is 0 Å². The molecule has 2 aromatic rings. The fourth-order valence-corrected chi connectivity index (χ4v) is 2.46. The van der Waals surface area contributed by atoms with E-state index < -0.39 is 0 Å². The molecule has 3 rings (SSSR count). The van der Waals surface area contributed by atoms with Crippen LogP contribution >= 0.6 is 0 Å². The fourth-order valence-electron chi connectivity index (χ4n) is 2.46. The van der Waals surface area contributed by atoms with Gasteiger partial charge in [-0.3, -0.25) is 0 Å². The normalized spacial score (nSPS) is 20.4. The second-order valence-corrected chi connectivity index (χ2v) is 4.56. The molecule has 2 heteroatoms. The number of nitrogens with one attached hydrogen (secondary N) is 1. The Morgan fingerprint density at radius 3 is 2.88 bits per heavy atom. The Morgan fingerprint density at radius 2 is 2.06 bits per heavy atom. The van der Waals surface area contributed by atoms with Gasteiger partial charge in [0.25, 0.3) is 0 Å². The van der Waals surface area contributed by atoms with Crippen LogP contribution < -0.4 is 9.88 Å². The van der Waals surface area contributed by atoms with E-state index in [1.54, 1.807) is 0 Å². The first kappa shape index (κ1) is 9.79. The smallest absolute Gasteiger partial charge is 0.176 e. The maximum atomic E-state index is 3.53. The van der Waals surface area contributed by atoms with Gasteiger partial charge in [0.1, 0.15) is 0 Å². The van der Waals surface area contributed by atoms with Crippen LogP contribution in [0.25, 0.3) is 10.8 Å². The summed E-state index contributed by atoms with van der Waals surface area (Å²) in [5.41, 5.74) is 0. The molecule has 1 fully saturated rings. The van der Waals surface area contributed by atoms with Crippen molar-refractivity contribution < 1.29 is 4.57 Å². The summed E-state index contributed by atoms with van der Waals surface area (Å²) in [6, 6.07) is 11.4. The lowest BCUT2D eigenvalue weighted by Crippen LogP contribution is -2.42. The predicted molar refractivity (Wildman–Crippen MR) is 65.2 cm³/mol. The maximum absolute atomic E-state index is 3.53. The van der Waals surface area contributed by atoms with Crippen LogP contribution in [0.4, 0.5) is 0 Å². The standard InChI is InChI=1S/C14H17N2/c1-2-5-13-10-16(9-7-12(13)4-1)11-14-6-3-8-15-14/h1-2,4-5,7,9-10,14-15H,3,6,8,11H2/q+1/t14-/m0/s1. The number of pyridine rings is 1. The summed E-state index contributed by atoms with van der Waals surface area (Å²) in [6.07, 6.45) is 7.05. The molecule has 1 N–H and O–H groups in total. The van der Waals surface area contributed by atoms with Crippen molar-refractivity contribution in [1.82, 2.24) is 5.32 Å². The van der Waals surface area contributed by atoms with E-state index in [0.29, 0.717) is 6.04 Å². The van der Waals surface area contributed by atoms with Crippen molar-refractivity contribution in [3.63, 3.8) is 0 Å². The molecular formula is C14H17N2+. The van der Waals surface area contributed by atoms with E-state index in [9.17, 15) is 0 Å². The van der Waals surface area contributed by atoms with Crippen molar-refractivity contribution in [3.05, 3.63) is 42.7 Å². The van der Waals surface area contributed by atoms with Crippen molar-refractivity contribution in [2.45, 2.75) is 25.4 Å². The van der Waals surface area contributed by atoms with E-state index in [2.05, 4.69) is 52.6 Å². The average Bonchev–Trinajstić information content (AvgIpc) is 2.82. The summed E-state index contributed by atoms with van der Waals surface area (Å²) in [5.74, 6) is 0. The number of hydrogen-bond acceptors (Lipinski definition) is 1. The van der Waals surface area contributed by atoms with Gasteiger partial charge in [0.2, 0.25) is 0 Å². The van der Waals surface area contributed by atoms with Crippen molar-refractivity contribution in [2.75, 3.05) is 6.54 Å². The number of aromatic nitrogens is 1. The third-order valence-corrected chi connectivity index (χ3v) is 3.34. The fraction of sp³-hybridized carbons (Fsp3) is 0.357. The molecule has 2 heterocycles. The number of nitrogens with zero attached hydrogens (tertiary/aromatic N) is 1. The molecule has 1 aromatic heterocycles. The first-order valence-corrected chi connectivity index (χ1v) is 6.03. The third-order valence-electron chi connectivity index (χ3n) is 3.34. The number of hydrogen-bond donors (Lipinski definition) is 1. The van der Waals surface area contributed by atoms with Crippen LogP contribution in [0.3, 0.4) is 0 Å². The van der Waals surface area contributed by atoms with E-state index in [-0.39, 0.29) is 0 Å². The summed E-state index contributed by atoms with van der Waals surface area (Å²) in [5, 5.41) is 6.17. The highest BCUT2D eigenvalue weighted by Gasteiger charge is 2.18. The lowest BCUT2D eigenvalue weighted by molar-refractivity contribution is -0.697. The molecule has 2 nitrogen and oxygen atoms in total. The first-order valence-electron chi connectivity index (χ1n) is 6.03. The largest absolute Gasteiger partial charge is 0.308 e. The lowest BCUT2D eigenvalue weighted by atomic mass is 10.2. The highest BCUT2D eigenvalue weighted by atomic mass is 15.0. The maximum Gasteiger partial charge on any atom is 0.176 e. The van der Waals surface area contributed by atoms with Crippen LogP contribution in [0.15, 0.2) is 42.7 Å². The highest BCUT2D eigenvalue weighted by molar-refractivity contribution is 5.80. The Morgan fingerprint density at radius 1 is 1.19 bits per heavy atom. The van der Waals surface area contributed by atoms with Crippen LogP contribution in [-0.4, -0.2) is 12.6 Å². The molecule has 82 valence electrons. The van der Waals surface area contributed by atoms with Gasteiger partial charge in [-0.05, 0) is 30.8 Å². The third kappa shape index (κ3) is 1.93. The average molecular weight is 213 g/mol. The quantitative estimate of drug-likeness (QED) is 0.753. The van der Waals surface area contributed by atoms with Gasteiger partial charge in [0, 0.05) is 11.5 Å². The van der Waals surface area contributed by atoms with Crippen molar-refractivity contribution in [3.8, 4) is 0 Å². The van der Waals surface area contributed by atoms with E-state index >= 15 is 0 Å². The lowest BCUT2D eigenvalue weighted by Gasteiger charge is -2.06. The molecule has 0 bridgehead atoms. The van der Waals surface area contributed by atoms with E-state index in [4.69, 9.17) is 0 Å². The van der Waals surface area contributed by atoms with Gasteiger partial charge in [0.15, 0.2) is 18.9 Å². The van der Waals surface area contributed by atoms with Gasteiger partial charge in [-0.1, -0.05) is 18.2 Å². The second-order valence-electron chi connectivity index (χ2n) is 4.56. The minimum absolute atomic E-state index is 0.658. The Balaban J connectivity index is 1.86. The minimum Gasteiger partial charge on any atom is -0.308 e. The number of rotatable bonds is 2. The number of benzene rings is 1. The monoisotopic (exact) mass is 213 g/mol. The Labute approximate surface area is 95.9 Å². The van der Waals surface area contributed by atoms with Gasteiger partial charge in [0.05, 0.1) is 6.04 Å². The van der Waals surface area contributed by atoms with Crippen molar-refractivity contribution >= 4 is 10.8 Å². The molecule has 1 aliphatic rings. The van der Waals surface area contributed by atoms with E-state index in [1.807, 2.05) is 0 Å². The molecule has 1 saturated heterocycles. The Bertz CT molecular complexity index is 487. The number of fused-ring (bicyclic) bond motifs is 1. The van der Waals surface area contributed by atoms with Gasteiger partial charge in [-0.2, -0.15) is 0 Å². The topological polar surface area (TPSA) is 15.9 Å². The van der Waals surface area contributed by atoms with Crippen molar-refractivity contribution in [2.24, 2.45) is 0 Å². The minimum atomic E-state index is 0.658. The molecule has 0 radical (unpaired) electrons. The van der Waals surface area contributed by atoms with Gasteiger partial charge < -0.3 is 5.32 Å². The molecule has 16 heavy (non-hydrogen) atoms. The van der Waals surface area contributed by atoms with Gasteiger partial charge >= 0.3 is 0 Å². The summed E-state index contributed by atoms with van der Waals surface area (Å²) in [4.78, 5) is 0. The van der Waals surface area contributed by atoms with Crippen LogP contribution in [0, 0.1) is 0 Å². The van der Waals surface area contributed by atoms with Crippen LogP contribution in [-0.2, 0) is 6.54 Å². The molecule has 1 aliphatic heterocycles. The van der Waals surface area contributed by atoms with E-state index in [1.165, 1.54) is 30.2 Å². The molecule has 0 saturated carbocycles. The molecule has 0 amide bonds. The predicted octanol–water partition coefficient (Wildman–Crippen LogP) is 1.88. The summed E-state index contributed by atoms with van der Waals surface area (Å²) in [6.45, 7) is 2.27. The van der Waals surface area contributed by atoms with E-state index in [0.717, 1.165) is 6.54 Å². The highest BCUT2D eigenvalue weighted by Crippen LogP contribution is 2.10. The zero-order valence-corrected chi connectivity index (χ0v) is 9.39. The molecule has 0 spiro atoms. The van der Waals surface area contributed by atoms with Crippen LogP contribution in [0.5, 0.6) is 0 Å². The molecule has 0 aliphatic carbocycles. The molecule has 1 atom stereocenters. The summed E-state index contributed by atoms with van der Waals surface area (Å²) in [7, 11) is 0. The second kappa shape index (κ2) is 4.22. The SMILES string of the molecule is c1ccc2c[n+](C[C@@H]3CCCN3)ccc2c1. The van der Waals surface area contributed by atoms with Gasteiger partial charge in [-0.25, -0.2) is 4.57 Å². The zero-order chi connectivity index (χ0) is 10.8.